The van der Waals surface area contributed by atoms with Gasteiger partial charge in [0.1, 0.15) is 5.82 Å². The number of carbonyl (C=O) groups is 3. The predicted molar refractivity (Wildman–Crippen MR) is 85.6 cm³/mol. The van der Waals surface area contributed by atoms with E-state index in [4.69, 9.17) is 11.6 Å². The number of hydrogen-bond donors (Lipinski definition) is 0. The first kappa shape index (κ1) is 16.9. The summed E-state index contributed by atoms with van der Waals surface area (Å²) in [5.41, 5.74) is 0.0345. The van der Waals surface area contributed by atoms with E-state index in [1.807, 2.05) is 6.92 Å². The molecule has 5 nitrogen and oxygen atoms in total. The Morgan fingerprint density at radius 1 is 1.17 bits per heavy atom. The van der Waals surface area contributed by atoms with Crippen molar-refractivity contribution in [1.29, 1.82) is 0 Å². The number of halogens is 2. The predicted octanol–water partition coefficient (Wildman–Crippen LogP) is 3.35. The number of carbonyl (C=O) groups excluding carboxylic acids is 3. The fraction of sp³-hybridized carbons (Fsp3) is 0.471. The molecular formula is C17H18ClFN2O3. The van der Waals surface area contributed by atoms with Crippen LogP contribution < -0.4 is 0 Å². The van der Waals surface area contributed by atoms with Gasteiger partial charge < -0.3 is 0 Å². The first-order valence-corrected chi connectivity index (χ1v) is 8.41. The van der Waals surface area contributed by atoms with E-state index in [0.29, 0.717) is 6.42 Å². The van der Waals surface area contributed by atoms with Crippen LogP contribution in [0.2, 0.25) is 5.02 Å². The number of rotatable bonds is 3. The van der Waals surface area contributed by atoms with Crippen LogP contribution in [-0.4, -0.2) is 33.7 Å². The summed E-state index contributed by atoms with van der Waals surface area (Å²) >= 11 is 5.96. The van der Waals surface area contributed by atoms with Crippen LogP contribution in [0.25, 0.3) is 0 Å². The Kier molecular flexibility index (Phi) is 4.58. The number of nitrogens with zero attached hydrogens (tertiary/aromatic N) is 2. The lowest BCUT2D eigenvalue weighted by molar-refractivity contribution is -0.144. The van der Waals surface area contributed by atoms with Crippen LogP contribution in [0, 0.1) is 11.7 Å². The van der Waals surface area contributed by atoms with Crippen LogP contribution in [0.3, 0.4) is 0 Å². The highest BCUT2D eigenvalue weighted by molar-refractivity contribution is 6.44. The summed E-state index contributed by atoms with van der Waals surface area (Å²) in [6, 6.07) is 3.17. The molecule has 0 N–H and O–H groups in total. The lowest BCUT2D eigenvalue weighted by Gasteiger charge is -2.34. The fourth-order valence-electron chi connectivity index (χ4n) is 3.48. The zero-order valence-electron chi connectivity index (χ0n) is 13.3. The number of benzene rings is 1. The van der Waals surface area contributed by atoms with Crippen LogP contribution in [0.5, 0.6) is 0 Å². The number of hydrogen-bond acceptors (Lipinski definition) is 3. The maximum absolute atomic E-state index is 13.9. The van der Waals surface area contributed by atoms with Crippen LogP contribution in [0.15, 0.2) is 18.2 Å². The Hall–Kier alpha value is -1.95. The molecule has 7 heteroatoms. The molecule has 1 aliphatic carbocycles. The van der Waals surface area contributed by atoms with Crippen molar-refractivity contribution in [3.05, 3.63) is 34.6 Å². The molecule has 3 rings (SSSR count). The zero-order chi connectivity index (χ0) is 17.4. The fourth-order valence-corrected chi connectivity index (χ4v) is 3.70. The van der Waals surface area contributed by atoms with Crippen molar-refractivity contribution < 1.29 is 18.8 Å². The van der Waals surface area contributed by atoms with Crippen LogP contribution in [0.1, 0.15) is 38.2 Å². The van der Waals surface area contributed by atoms with Gasteiger partial charge in [-0.15, -0.1) is 0 Å². The molecule has 1 aromatic rings. The highest BCUT2D eigenvalue weighted by atomic mass is 35.5. The third-order valence-corrected chi connectivity index (χ3v) is 5.21. The Morgan fingerprint density at radius 3 is 2.54 bits per heavy atom. The van der Waals surface area contributed by atoms with Gasteiger partial charge in [-0.3, -0.25) is 19.4 Å². The third-order valence-electron chi connectivity index (χ3n) is 4.86. The highest BCUT2D eigenvalue weighted by Crippen LogP contribution is 2.32. The van der Waals surface area contributed by atoms with Gasteiger partial charge in [0.25, 0.3) is 0 Å². The van der Waals surface area contributed by atoms with Gasteiger partial charge >= 0.3 is 17.8 Å². The summed E-state index contributed by atoms with van der Waals surface area (Å²) in [6.45, 7) is 1.64. The summed E-state index contributed by atoms with van der Waals surface area (Å²) in [6.07, 6.45) is 3.57. The second-order valence-electron chi connectivity index (χ2n) is 6.38. The summed E-state index contributed by atoms with van der Waals surface area (Å²) in [7, 11) is 0. The standard InChI is InChI=1S/C17H18ClFN2O3/c1-10-5-2-3-8-14(10)21-16(23)15(22)20(17(21)24)9-11-12(18)6-4-7-13(11)19/h4,6-7,10,14H,2-3,5,8-9H2,1H3/t10-,14-/m0/s1. The minimum absolute atomic E-state index is 0.0345. The van der Waals surface area contributed by atoms with Crippen molar-refractivity contribution in [2.45, 2.75) is 45.2 Å². The van der Waals surface area contributed by atoms with Crippen LogP contribution >= 0.6 is 11.6 Å². The molecule has 0 bridgehead atoms. The van der Waals surface area contributed by atoms with Gasteiger partial charge in [0, 0.05) is 16.6 Å². The molecular weight excluding hydrogens is 335 g/mol. The van der Waals surface area contributed by atoms with Crippen LogP contribution in [0.4, 0.5) is 9.18 Å². The molecule has 4 amide bonds. The van der Waals surface area contributed by atoms with Crippen molar-refractivity contribution >= 4 is 29.4 Å². The first-order chi connectivity index (χ1) is 11.4. The lowest BCUT2D eigenvalue weighted by Crippen LogP contribution is -2.46. The largest absolute Gasteiger partial charge is 0.334 e. The minimum Gasteiger partial charge on any atom is -0.263 e. The Balaban J connectivity index is 1.87. The van der Waals surface area contributed by atoms with Crippen LogP contribution in [-0.2, 0) is 16.1 Å². The summed E-state index contributed by atoms with van der Waals surface area (Å²) in [4.78, 5) is 39.1. The zero-order valence-corrected chi connectivity index (χ0v) is 14.1. The topological polar surface area (TPSA) is 57.7 Å². The second-order valence-corrected chi connectivity index (χ2v) is 6.79. The van der Waals surface area contributed by atoms with E-state index in [-0.39, 0.29) is 29.1 Å². The molecule has 0 aromatic heterocycles. The Morgan fingerprint density at radius 2 is 1.88 bits per heavy atom. The van der Waals surface area contributed by atoms with Gasteiger partial charge in [-0.05, 0) is 30.9 Å². The van der Waals surface area contributed by atoms with E-state index < -0.39 is 23.7 Å². The van der Waals surface area contributed by atoms with Gasteiger partial charge in [-0.1, -0.05) is 37.4 Å². The Bertz CT molecular complexity index is 689. The summed E-state index contributed by atoms with van der Waals surface area (Å²) in [5, 5.41) is 0.118. The number of amides is 4. The third kappa shape index (κ3) is 2.79. The SMILES string of the molecule is C[C@H]1CCCC[C@@H]1N1C(=O)C(=O)N(Cc2c(F)cccc2Cl)C1=O. The van der Waals surface area contributed by atoms with E-state index in [0.717, 1.165) is 29.1 Å². The maximum Gasteiger partial charge on any atom is 0.334 e. The van der Waals surface area contributed by atoms with E-state index in [1.165, 1.54) is 18.2 Å². The molecule has 1 aliphatic heterocycles. The van der Waals surface area contributed by atoms with Gasteiger partial charge in [-0.2, -0.15) is 0 Å². The average molecular weight is 353 g/mol. The van der Waals surface area contributed by atoms with Gasteiger partial charge in [0.2, 0.25) is 0 Å². The molecule has 2 fully saturated rings. The van der Waals surface area contributed by atoms with E-state index in [9.17, 15) is 18.8 Å². The van der Waals surface area contributed by atoms with Crippen molar-refractivity contribution in [3.63, 3.8) is 0 Å². The van der Waals surface area contributed by atoms with Crippen molar-refractivity contribution in [2.75, 3.05) is 0 Å². The lowest BCUT2D eigenvalue weighted by atomic mass is 9.85. The molecule has 1 heterocycles. The molecule has 0 unspecified atom stereocenters. The number of urea groups is 1. The smallest absolute Gasteiger partial charge is 0.263 e. The first-order valence-electron chi connectivity index (χ1n) is 8.03. The molecule has 0 spiro atoms. The molecule has 2 aliphatic rings. The molecule has 0 radical (unpaired) electrons. The monoisotopic (exact) mass is 352 g/mol. The minimum atomic E-state index is -0.919. The molecule has 1 saturated heterocycles. The number of imide groups is 2. The second kappa shape index (κ2) is 6.51. The van der Waals surface area contributed by atoms with Gasteiger partial charge in [0.15, 0.2) is 0 Å². The molecule has 1 aromatic carbocycles. The average Bonchev–Trinajstić information content (AvgIpc) is 2.75. The molecule has 2 atom stereocenters. The van der Waals surface area contributed by atoms with Gasteiger partial charge in [-0.25, -0.2) is 9.18 Å². The molecule has 1 saturated carbocycles. The van der Waals surface area contributed by atoms with E-state index in [2.05, 4.69) is 0 Å². The Labute approximate surface area is 144 Å². The van der Waals surface area contributed by atoms with Crippen molar-refractivity contribution in [2.24, 2.45) is 5.92 Å². The normalized spacial score (nSPS) is 24.9. The van der Waals surface area contributed by atoms with Crippen molar-refractivity contribution in [1.82, 2.24) is 9.80 Å². The maximum atomic E-state index is 13.9. The van der Waals surface area contributed by atoms with E-state index >= 15 is 0 Å². The molecule has 128 valence electrons. The quantitative estimate of drug-likeness (QED) is 0.619. The highest BCUT2D eigenvalue weighted by Gasteiger charge is 2.49. The van der Waals surface area contributed by atoms with Gasteiger partial charge in [0.05, 0.1) is 6.54 Å². The van der Waals surface area contributed by atoms with Crippen molar-refractivity contribution in [3.8, 4) is 0 Å². The van der Waals surface area contributed by atoms with E-state index in [1.54, 1.807) is 0 Å². The molecule has 24 heavy (non-hydrogen) atoms. The summed E-state index contributed by atoms with van der Waals surface area (Å²) < 4.78 is 13.9. The summed E-state index contributed by atoms with van der Waals surface area (Å²) in [5.74, 6) is -2.21.